The highest BCUT2D eigenvalue weighted by Gasteiger charge is 2.23. The van der Waals surface area contributed by atoms with Crippen molar-refractivity contribution in [2.45, 2.75) is 39.0 Å². The van der Waals surface area contributed by atoms with Crippen molar-refractivity contribution in [3.05, 3.63) is 45.0 Å². The minimum absolute atomic E-state index is 0.142. The molecule has 0 spiro atoms. The highest BCUT2D eigenvalue weighted by Crippen LogP contribution is 2.36. The van der Waals surface area contributed by atoms with E-state index in [1.807, 2.05) is 30.3 Å². The fourth-order valence-electron chi connectivity index (χ4n) is 2.82. The molecule has 2 aromatic carbocycles. The molecule has 0 saturated carbocycles. The van der Waals surface area contributed by atoms with Gasteiger partial charge in [0.1, 0.15) is 22.5 Å². The van der Waals surface area contributed by atoms with Gasteiger partial charge in [0.2, 0.25) is 0 Å². The molecule has 0 saturated heterocycles. The van der Waals surface area contributed by atoms with Gasteiger partial charge in [0.25, 0.3) is 0 Å². The van der Waals surface area contributed by atoms with Crippen LogP contribution in [0.4, 0.5) is 0 Å². The van der Waals surface area contributed by atoms with Gasteiger partial charge in [0.15, 0.2) is 0 Å². The largest absolute Gasteiger partial charge is 0.505 e. The first-order chi connectivity index (χ1) is 11.8. The van der Waals surface area contributed by atoms with Crippen molar-refractivity contribution >= 4 is 33.6 Å². The van der Waals surface area contributed by atoms with Gasteiger partial charge in [-0.15, -0.1) is 15.0 Å². The number of benzene rings is 2. The van der Waals surface area contributed by atoms with Crippen LogP contribution in [0.15, 0.2) is 30.3 Å². The third kappa shape index (κ3) is 3.79. The van der Waals surface area contributed by atoms with Crippen LogP contribution < -0.4 is 0 Å². The maximum absolute atomic E-state index is 10.9. The summed E-state index contributed by atoms with van der Waals surface area (Å²) < 4.78 is 1.09. The van der Waals surface area contributed by atoms with E-state index in [4.69, 9.17) is 5.11 Å². The summed E-state index contributed by atoms with van der Waals surface area (Å²) in [5.74, 6) is 0.204. The maximum atomic E-state index is 10.9. The lowest BCUT2D eigenvalue weighted by Gasteiger charge is -2.23. The summed E-state index contributed by atoms with van der Waals surface area (Å²) in [7, 11) is 0. The summed E-state index contributed by atoms with van der Waals surface area (Å²) in [6.07, 6.45) is 1.42. The summed E-state index contributed by atoms with van der Waals surface area (Å²) in [5.41, 5.74) is 3.86. The minimum atomic E-state index is -0.212. The van der Waals surface area contributed by atoms with E-state index >= 15 is 0 Å². The molecule has 5 nitrogen and oxygen atoms in total. The van der Waals surface area contributed by atoms with Gasteiger partial charge in [0.05, 0.1) is 0 Å². The number of aromatic hydroxyl groups is 1. The first kappa shape index (κ1) is 18.1. The molecule has 0 fully saturated rings. The van der Waals surface area contributed by atoms with Crippen LogP contribution in [-0.4, -0.2) is 31.8 Å². The lowest BCUT2D eigenvalue weighted by molar-refractivity contribution is 0.288. The molecular formula is C19H22IN3O2. The number of aliphatic hydroxyl groups is 1. The number of phenolic OH excluding ortho intramolecular Hbond substituents is 1. The Morgan fingerprint density at radius 1 is 1.08 bits per heavy atom. The van der Waals surface area contributed by atoms with Crippen LogP contribution in [0.25, 0.3) is 16.7 Å². The zero-order chi connectivity index (χ0) is 18.2. The zero-order valence-corrected chi connectivity index (χ0v) is 16.8. The van der Waals surface area contributed by atoms with Gasteiger partial charge < -0.3 is 10.2 Å². The SMILES string of the molecule is CC(C)(C)c1cc(CCCO)cc(-n2nc3ccc(I)cc3n2)c1O. The smallest absolute Gasteiger partial charge is 0.146 e. The molecule has 3 rings (SSSR count). The number of fused-ring (bicyclic) bond motifs is 1. The number of hydrogen-bond donors (Lipinski definition) is 2. The van der Waals surface area contributed by atoms with Crippen molar-refractivity contribution in [1.29, 1.82) is 0 Å². The Kier molecular flexibility index (Phi) is 5.02. The molecule has 0 radical (unpaired) electrons. The van der Waals surface area contributed by atoms with Crippen molar-refractivity contribution < 1.29 is 10.2 Å². The molecule has 0 aliphatic carbocycles. The third-order valence-corrected chi connectivity index (χ3v) is 4.81. The van der Waals surface area contributed by atoms with Gasteiger partial charge in [-0.05, 0) is 70.7 Å². The van der Waals surface area contributed by atoms with Crippen molar-refractivity contribution in [2.24, 2.45) is 0 Å². The number of aryl methyl sites for hydroxylation is 1. The van der Waals surface area contributed by atoms with Gasteiger partial charge >= 0.3 is 0 Å². The van der Waals surface area contributed by atoms with Crippen molar-refractivity contribution in [1.82, 2.24) is 15.0 Å². The molecule has 0 amide bonds. The summed E-state index contributed by atoms with van der Waals surface area (Å²) in [6, 6.07) is 9.80. The van der Waals surface area contributed by atoms with Crippen LogP contribution >= 0.6 is 22.6 Å². The lowest BCUT2D eigenvalue weighted by atomic mass is 9.84. The first-order valence-electron chi connectivity index (χ1n) is 8.30. The van der Waals surface area contributed by atoms with Gasteiger partial charge in [-0.1, -0.05) is 26.8 Å². The minimum Gasteiger partial charge on any atom is -0.505 e. The number of hydrogen-bond acceptors (Lipinski definition) is 4. The number of halogens is 1. The number of aliphatic hydroxyl groups excluding tert-OH is 1. The van der Waals surface area contributed by atoms with Crippen molar-refractivity contribution in [3.63, 3.8) is 0 Å². The molecule has 0 atom stereocenters. The van der Waals surface area contributed by atoms with E-state index in [2.05, 4.69) is 53.6 Å². The molecular weight excluding hydrogens is 429 g/mol. The summed E-state index contributed by atoms with van der Waals surface area (Å²) in [4.78, 5) is 1.51. The summed E-state index contributed by atoms with van der Waals surface area (Å²) in [6.45, 7) is 6.34. The molecule has 1 heterocycles. The highest BCUT2D eigenvalue weighted by molar-refractivity contribution is 14.1. The van der Waals surface area contributed by atoms with E-state index < -0.39 is 0 Å². The average Bonchev–Trinajstić information content (AvgIpc) is 2.95. The topological polar surface area (TPSA) is 71.2 Å². The second-order valence-electron chi connectivity index (χ2n) is 7.21. The molecule has 0 unspecified atom stereocenters. The number of aromatic nitrogens is 3. The Morgan fingerprint density at radius 2 is 1.80 bits per heavy atom. The quantitative estimate of drug-likeness (QED) is 0.590. The highest BCUT2D eigenvalue weighted by atomic mass is 127. The van der Waals surface area contributed by atoms with Gasteiger partial charge in [0, 0.05) is 15.7 Å². The second-order valence-corrected chi connectivity index (χ2v) is 8.46. The zero-order valence-electron chi connectivity index (χ0n) is 14.6. The Bertz CT molecular complexity index is 913. The summed E-state index contributed by atoms with van der Waals surface area (Å²) >= 11 is 2.24. The molecule has 6 heteroatoms. The van der Waals surface area contributed by atoms with Crippen LogP contribution in [0.1, 0.15) is 38.3 Å². The molecule has 25 heavy (non-hydrogen) atoms. The predicted octanol–water partition coefficient (Wildman–Crippen LogP) is 3.95. The number of rotatable bonds is 4. The first-order valence-corrected chi connectivity index (χ1v) is 9.37. The van der Waals surface area contributed by atoms with Crippen LogP contribution in [0.3, 0.4) is 0 Å². The van der Waals surface area contributed by atoms with E-state index in [9.17, 15) is 5.11 Å². The third-order valence-electron chi connectivity index (χ3n) is 4.14. The molecule has 0 aliphatic rings. The Labute approximate surface area is 160 Å². The molecule has 0 bridgehead atoms. The Morgan fingerprint density at radius 3 is 2.48 bits per heavy atom. The van der Waals surface area contributed by atoms with Crippen LogP contribution in [0.2, 0.25) is 0 Å². The molecule has 1 aromatic heterocycles. The molecule has 3 aromatic rings. The predicted molar refractivity (Wildman–Crippen MR) is 107 cm³/mol. The second kappa shape index (κ2) is 6.92. The number of phenols is 1. The van der Waals surface area contributed by atoms with Gasteiger partial charge in [-0.25, -0.2) is 0 Å². The van der Waals surface area contributed by atoms with E-state index in [1.165, 1.54) is 4.80 Å². The van der Waals surface area contributed by atoms with Gasteiger partial charge in [-0.3, -0.25) is 0 Å². The lowest BCUT2D eigenvalue weighted by Crippen LogP contribution is -2.14. The normalized spacial score (nSPS) is 12.0. The van der Waals surface area contributed by atoms with E-state index in [-0.39, 0.29) is 17.8 Å². The van der Waals surface area contributed by atoms with Gasteiger partial charge in [-0.2, -0.15) is 0 Å². The number of nitrogens with zero attached hydrogens (tertiary/aromatic N) is 3. The van der Waals surface area contributed by atoms with Crippen LogP contribution in [0, 0.1) is 3.57 Å². The fraction of sp³-hybridized carbons (Fsp3) is 0.368. The molecule has 2 N–H and O–H groups in total. The maximum Gasteiger partial charge on any atom is 0.146 e. The summed E-state index contributed by atoms with van der Waals surface area (Å²) in [5, 5.41) is 29.1. The Balaban J connectivity index is 2.18. The monoisotopic (exact) mass is 451 g/mol. The van der Waals surface area contributed by atoms with Crippen LogP contribution in [-0.2, 0) is 11.8 Å². The fourth-order valence-corrected chi connectivity index (χ4v) is 3.30. The van der Waals surface area contributed by atoms with Crippen molar-refractivity contribution in [2.75, 3.05) is 6.61 Å². The molecule has 0 aliphatic heterocycles. The van der Waals surface area contributed by atoms with Crippen LogP contribution in [0.5, 0.6) is 5.75 Å². The Hall–Kier alpha value is -1.67. The van der Waals surface area contributed by atoms with Crippen molar-refractivity contribution in [3.8, 4) is 11.4 Å². The van der Waals surface area contributed by atoms with E-state index in [0.29, 0.717) is 12.1 Å². The van der Waals surface area contributed by atoms with E-state index in [1.54, 1.807) is 0 Å². The molecule has 132 valence electrons. The standard InChI is InChI=1S/C19H22IN3O2/c1-19(2,3)14-9-12(5-4-8-24)10-17(18(14)25)23-21-15-7-6-13(20)11-16(15)22-23/h6-7,9-11,24-25H,4-5,8H2,1-3H3. The van der Waals surface area contributed by atoms with E-state index in [0.717, 1.165) is 32.2 Å². The average molecular weight is 451 g/mol.